The first kappa shape index (κ1) is 13.8. The van der Waals surface area contributed by atoms with E-state index in [9.17, 15) is 4.79 Å². The van der Waals surface area contributed by atoms with Crippen LogP contribution in [0.4, 0.5) is 0 Å². The molecule has 0 aliphatic carbocycles. The number of nitriles is 1. The summed E-state index contributed by atoms with van der Waals surface area (Å²) in [5, 5.41) is 19.4. The van der Waals surface area contributed by atoms with Gasteiger partial charge in [0.05, 0.1) is 12.1 Å². The molecule has 2 aromatic rings. The van der Waals surface area contributed by atoms with Gasteiger partial charge in [-0.1, -0.05) is 6.92 Å². The minimum absolute atomic E-state index is 0.236. The van der Waals surface area contributed by atoms with Crippen LogP contribution in [0.2, 0.25) is 0 Å². The highest BCUT2D eigenvalue weighted by molar-refractivity contribution is 5.93. The molecule has 2 heterocycles. The Morgan fingerprint density at radius 2 is 2.35 bits per heavy atom. The largest absolute Gasteiger partial charge is 0.345 e. The van der Waals surface area contributed by atoms with Crippen LogP contribution in [-0.4, -0.2) is 25.2 Å². The van der Waals surface area contributed by atoms with Crippen molar-refractivity contribution in [1.29, 1.82) is 5.26 Å². The number of carbonyl (C=O) groups is 1. The smallest absolute Gasteiger partial charge is 0.268 e. The lowest BCUT2D eigenvalue weighted by Crippen LogP contribution is -2.26. The molecule has 1 N–H and O–H groups in total. The van der Waals surface area contributed by atoms with Gasteiger partial charge >= 0.3 is 0 Å². The fourth-order valence-electron chi connectivity index (χ4n) is 1.94. The average molecular weight is 272 g/mol. The molecule has 0 bridgehead atoms. The van der Waals surface area contributed by atoms with Crippen LogP contribution in [-0.2, 0) is 20.1 Å². The summed E-state index contributed by atoms with van der Waals surface area (Å²) in [5.74, 6) is 0.481. The molecule has 2 rings (SSSR count). The van der Waals surface area contributed by atoms with Gasteiger partial charge in [0.25, 0.3) is 5.91 Å². The third-order valence-corrected chi connectivity index (χ3v) is 2.93. The Hall–Kier alpha value is -2.62. The van der Waals surface area contributed by atoms with Crippen molar-refractivity contribution >= 4 is 5.91 Å². The summed E-state index contributed by atoms with van der Waals surface area (Å²) >= 11 is 0. The van der Waals surface area contributed by atoms with Crippen molar-refractivity contribution in [2.24, 2.45) is 7.05 Å². The molecular weight excluding hydrogens is 256 g/mol. The van der Waals surface area contributed by atoms with Gasteiger partial charge in [0.2, 0.25) is 0 Å². The second-order valence-corrected chi connectivity index (χ2v) is 4.46. The molecule has 0 aliphatic rings. The van der Waals surface area contributed by atoms with Crippen molar-refractivity contribution in [2.45, 2.75) is 26.4 Å². The van der Waals surface area contributed by atoms with E-state index < -0.39 is 0 Å². The van der Waals surface area contributed by atoms with E-state index >= 15 is 0 Å². The van der Waals surface area contributed by atoms with Gasteiger partial charge in [0, 0.05) is 19.8 Å². The van der Waals surface area contributed by atoms with Crippen LogP contribution >= 0.6 is 0 Å². The summed E-state index contributed by atoms with van der Waals surface area (Å²) in [6, 6.07) is 3.57. The van der Waals surface area contributed by atoms with Gasteiger partial charge < -0.3 is 14.5 Å². The van der Waals surface area contributed by atoms with Gasteiger partial charge in [-0.15, -0.1) is 10.2 Å². The first-order valence-corrected chi connectivity index (χ1v) is 6.37. The normalized spacial score (nSPS) is 10.2. The van der Waals surface area contributed by atoms with E-state index in [1.807, 2.05) is 10.6 Å². The third kappa shape index (κ3) is 2.85. The topological polar surface area (TPSA) is 88.5 Å². The number of rotatable bonds is 5. The molecule has 0 fully saturated rings. The zero-order chi connectivity index (χ0) is 14.5. The van der Waals surface area contributed by atoms with Crippen LogP contribution in [0.15, 0.2) is 18.6 Å². The molecule has 0 spiro atoms. The number of aromatic nitrogens is 4. The molecule has 7 heteroatoms. The summed E-state index contributed by atoms with van der Waals surface area (Å²) in [7, 11) is 1.73. The van der Waals surface area contributed by atoms with Crippen molar-refractivity contribution in [3.8, 4) is 6.07 Å². The monoisotopic (exact) mass is 272 g/mol. The van der Waals surface area contributed by atoms with E-state index in [0.29, 0.717) is 17.8 Å². The molecular formula is C13H16N6O. The Morgan fingerprint density at radius 3 is 3.00 bits per heavy atom. The Labute approximate surface area is 116 Å². The molecule has 0 unspecified atom stereocenters. The van der Waals surface area contributed by atoms with Crippen molar-refractivity contribution in [1.82, 2.24) is 24.6 Å². The molecule has 2 aromatic heterocycles. The zero-order valence-electron chi connectivity index (χ0n) is 11.5. The van der Waals surface area contributed by atoms with Gasteiger partial charge in [0.15, 0.2) is 5.82 Å². The Kier molecular flexibility index (Phi) is 4.15. The lowest BCUT2D eigenvalue weighted by Gasteiger charge is -2.07. The summed E-state index contributed by atoms with van der Waals surface area (Å²) in [5.41, 5.74) is 0.912. The summed E-state index contributed by atoms with van der Waals surface area (Å²) < 4.78 is 3.54. The number of aryl methyl sites for hydroxylation is 2. The number of hydrogen-bond acceptors (Lipinski definition) is 4. The minimum atomic E-state index is -0.236. The third-order valence-electron chi connectivity index (χ3n) is 2.93. The minimum Gasteiger partial charge on any atom is -0.345 e. The average Bonchev–Trinajstić information content (AvgIpc) is 3.03. The quantitative estimate of drug-likeness (QED) is 0.873. The molecule has 7 nitrogen and oxygen atoms in total. The van der Waals surface area contributed by atoms with Gasteiger partial charge in [0.1, 0.15) is 18.1 Å². The van der Waals surface area contributed by atoms with Crippen LogP contribution < -0.4 is 5.32 Å². The van der Waals surface area contributed by atoms with Crippen LogP contribution in [0.25, 0.3) is 0 Å². The highest BCUT2D eigenvalue weighted by atomic mass is 16.1. The lowest BCUT2D eigenvalue weighted by atomic mass is 10.3. The molecule has 0 aromatic carbocycles. The molecule has 0 radical (unpaired) electrons. The fourth-order valence-corrected chi connectivity index (χ4v) is 1.94. The van der Waals surface area contributed by atoms with Gasteiger partial charge in [-0.2, -0.15) is 5.26 Å². The molecule has 0 atom stereocenters. The van der Waals surface area contributed by atoms with Crippen molar-refractivity contribution in [2.75, 3.05) is 0 Å². The first-order chi connectivity index (χ1) is 9.65. The number of hydrogen-bond donors (Lipinski definition) is 1. The lowest BCUT2D eigenvalue weighted by molar-refractivity contribution is 0.0941. The Balaban J connectivity index is 2.03. The maximum atomic E-state index is 12.1. The summed E-state index contributed by atoms with van der Waals surface area (Å²) in [6.45, 7) is 3.20. The van der Waals surface area contributed by atoms with Crippen LogP contribution in [0.5, 0.6) is 0 Å². The van der Waals surface area contributed by atoms with E-state index in [-0.39, 0.29) is 5.91 Å². The second kappa shape index (κ2) is 6.02. The summed E-state index contributed by atoms with van der Waals surface area (Å²) in [4.78, 5) is 12.1. The van der Waals surface area contributed by atoms with Crippen LogP contribution in [0.1, 0.15) is 35.2 Å². The first-order valence-electron chi connectivity index (χ1n) is 6.37. The molecule has 20 heavy (non-hydrogen) atoms. The molecule has 104 valence electrons. The van der Waals surface area contributed by atoms with Crippen molar-refractivity contribution < 1.29 is 4.79 Å². The predicted octanol–water partition coefficient (Wildman–Crippen LogP) is 0.828. The van der Waals surface area contributed by atoms with E-state index in [1.54, 1.807) is 30.2 Å². The fraction of sp³-hybridized carbons (Fsp3) is 0.385. The molecule has 0 saturated carbocycles. The standard InChI is InChI=1S/C13H16N6O/c1-3-4-19-9-16-17-12(19)7-15-13(20)11-5-10(6-14)8-18(11)2/h5,8-9H,3-4,7H2,1-2H3,(H,15,20). The maximum absolute atomic E-state index is 12.1. The molecule has 1 amide bonds. The zero-order valence-corrected chi connectivity index (χ0v) is 11.5. The predicted molar refractivity (Wildman–Crippen MR) is 71.6 cm³/mol. The van der Waals surface area contributed by atoms with Crippen molar-refractivity contribution in [3.63, 3.8) is 0 Å². The number of nitrogens with one attached hydrogen (secondary N) is 1. The van der Waals surface area contributed by atoms with E-state index in [0.717, 1.165) is 18.8 Å². The Morgan fingerprint density at radius 1 is 1.55 bits per heavy atom. The van der Waals surface area contributed by atoms with Gasteiger partial charge in [-0.3, -0.25) is 4.79 Å². The number of nitrogens with zero attached hydrogens (tertiary/aromatic N) is 5. The van der Waals surface area contributed by atoms with E-state index in [2.05, 4.69) is 22.4 Å². The van der Waals surface area contributed by atoms with Crippen LogP contribution in [0.3, 0.4) is 0 Å². The van der Waals surface area contributed by atoms with Crippen molar-refractivity contribution in [3.05, 3.63) is 35.7 Å². The molecule has 0 aliphatic heterocycles. The highest BCUT2D eigenvalue weighted by Gasteiger charge is 2.12. The van der Waals surface area contributed by atoms with Crippen LogP contribution in [0, 0.1) is 11.3 Å². The summed E-state index contributed by atoms with van der Waals surface area (Å²) in [6.07, 6.45) is 4.25. The maximum Gasteiger partial charge on any atom is 0.268 e. The van der Waals surface area contributed by atoms with E-state index in [4.69, 9.17) is 5.26 Å². The number of amides is 1. The van der Waals surface area contributed by atoms with Gasteiger partial charge in [-0.05, 0) is 12.5 Å². The molecule has 0 saturated heterocycles. The highest BCUT2D eigenvalue weighted by Crippen LogP contribution is 2.06. The van der Waals surface area contributed by atoms with Gasteiger partial charge in [-0.25, -0.2) is 0 Å². The second-order valence-electron chi connectivity index (χ2n) is 4.46. The number of carbonyl (C=O) groups excluding carboxylic acids is 1. The van der Waals surface area contributed by atoms with E-state index in [1.165, 1.54) is 0 Å². The Bertz CT molecular complexity index is 648. The SMILES string of the molecule is CCCn1cnnc1CNC(=O)c1cc(C#N)cn1C.